The molecule has 100 valence electrons. The maximum Gasteiger partial charge on any atom is 0.287 e. The molecule has 0 aromatic carbocycles. The Labute approximate surface area is 112 Å². The number of aryl methyl sites for hydroxylation is 1. The number of nitro groups is 1. The maximum atomic E-state index is 11.9. The van der Waals surface area contributed by atoms with Gasteiger partial charge in [0.2, 0.25) is 0 Å². The molecule has 1 N–H and O–H groups in total. The largest absolute Gasteiger partial charge is 0.383 e. The number of amides is 1. The lowest BCUT2D eigenvalue weighted by Gasteiger charge is -2.15. The Morgan fingerprint density at radius 3 is 2.83 bits per heavy atom. The smallest absolute Gasteiger partial charge is 0.287 e. The molecule has 0 aliphatic carbocycles. The van der Waals surface area contributed by atoms with Gasteiger partial charge in [-0.25, -0.2) is 0 Å². The summed E-state index contributed by atoms with van der Waals surface area (Å²) in [6, 6.07) is 1.06. The standard InChI is InChI=1S/C10H14BrN3O4/c1-13-5-8(14(16)17)3-9(13)10(15)12-7(4-11)6-18-2/h3,5,7H,4,6H2,1-2H3,(H,12,15). The minimum absolute atomic E-state index is 0.107. The van der Waals surface area contributed by atoms with Crippen LogP contribution in [-0.2, 0) is 11.8 Å². The van der Waals surface area contributed by atoms with Crippen molar-refractivity contribution in [2.75, 3.05) is 19.0 Å². The molecule has 1 aromatic rings. The van der Waals surface area contributed by atoms with Crippen molar-refractivity contribution in [2.24, 2.45) is 7.05 Å². The molecule has 1 aromatic heterocycles. The van der Waals surface area contributed by atoms with Crippen LogP contribution in [-0.4, -0.2) is 40.5 Å². The molecular formula is C10H14BrN3O4. The number of hydrogen-bond donors (Lipinski definition) is 1. The Morgan fingerprint density at radius 2 is 2.39 bits per heavy atom. The summed E-state index contributed by atoms with van der Waals surface area (Å²) in [4.78, 5) is 22.0. The molecule has 0 bridgehead atoms. The Bertz CT molecular complexity index is 446. The second-order valence-electron chi connectivity index (χ2n) is 3.73. The quantitative estimate of drug-likeness (QED) is 0.483. The SMILES string of the molecule is COCC(CBr)NC(=O)c1cc([N+](=O)[O-])cn1C. The van der Waals surface area contributed by atoms with Crippen LogP contribution >= 0.6 is 15.9 Å². The van der Waals surface area contributed by atoms with Crippen molar-refractivity contribution in [2.45, 2.75) is 6.04 Å². The average Bonchev–Trinajstić information content (AvgIpc) is 2.71. The van der Waals surface area contributed by atoms with Gasteiger partial charge in [0.25, 0.3) is 11.6 Å². The van der Waals surface area contributed by atoms with E-state index in [0.29, 0.717) is 11.9 Å². The molecule has 0 spiro atoms. The van der Waals surface area contributed by atoms with E-state index >= 15 is 0 Å². The van der Waals surface area contributed by atoms with Crippen molar-refractivity contribution in [1.82, 2.24) is 9.88 Å². The van der Waals surface area contributed by atoms with Gasteiger partial charge in [-0.2, -0.15) is 0 Å². The van der Waals surface area contributed by atoms with Crippen LogP contribution in [0.3, 0.4) is 0 Å². The highest BCUT2D eigenvalue weighted by atomic mass is 79.9. The lowest BCUT2D eigenvalue weighted by molar-refractivity contribution is -0.384. The van der Waals surface area contributed by atoms with Crippen molar-refractivity contribution in [3.63, 3.8) is 0 Å². The number of halogens is 1. The van der Waals surface area contributed by atoms with E-state index in [-0.39, 0.29) is 23.3 Å². The predicted octanol–water partition coefficient (Wildman–Crippen LogP) is 1.07. The molecule has 1 amide bonds. The fourth-order valence-corrected chi connectivity index (χ4v) is 1.81. The summed E-state index contributed by atoms with van der Waals surface area (Å²) in [6.07, 6.45) is 1.30. The van der Waals surface area contributed by atoms with Gasteiger partial charge in [-0.1, -0.05) is 15.9 Å². The minimum atomic E-state index is -0.534. The zero-order valence-electron chi connectivity index (χ0n) is 10.1. The van der Waals surface area contributed by atoms with E-state index in [1.165, 1.54) is 23.9 Å². The molecular weight excluding hydrogens is 306 g/mol. The van der Waals surface area contributed by atoms with Crippen LogP contribution in [0.5, 0.6) is 0 Å². The van der Waals surface area contributed by atoms with Gasteiger partial charge in [0.1, 0.15) is 5.69 Å². The van der Waals surface area contributed by atoms with Crippen molar-refractivity contribution in [1.29, 1.82) is 0 Å². The van der Waals surface area contributed by atoms with E-state index in [0.717, 1.165) is 0 Å². The number of nitrogens with one attached hydrogen (secondary N) is 1. The summed E-state index contributed by atoms with van der Waals surface area (Å²) in [6.45, 7) is 0.365. The van der Waals surface area contributed by atoms with Crippen LogP contribution in [0, 0.1) is 10.1 Å². The van der Waals surface area contributed by atoms with Gasteiger partial charge in [0, 0.05) is 25.6 Å². The summed E-state index contributed by atoms with van der Waals surface area (Å²) in [5.74, 6) is -0.368. The summed E-state index contributed by atoms with van der Waals surface area (Å²) in [5, 5.41) is 13.9. The third-order valence-corrected chi connectivity index (χ3v) is 3.10. The van der Waals surface area contributed by atoms with Gasteiger partial charge in [0.05, 0.1) is 23.8 Å². The first-order valence-corrected chi connectivity index (χ1v) is 6.28. The van der Waals surface area contributed by atoms with Gasteiger partial charge in [-0.05, 0) is 0 Å². The molecule has 0 saturated carbocycles. The Hall–Kier alpha value is -1.41. The number of alkyl halides is 1. The topological polar surface area (TPSA) is 86.4 Å². The van der Waals surface area contributed by atoms with E-state index in [2.05, 4.69) is 21.2 Å². The summed E-state index contributed by atoms with van der Waals surface area (Å²) in [7, 11) is 3.12. The zero-order valence-corrected chi connectivity index (χ0v) is 11.6. The van der Waals surface area contributed by atoms with Crippen LogP contribution < -0.4 is 5.32 Å². The number of hydrogen-bond acceptors (Lipinski definition) is 4. The molecule has 0 fully saturated rings. The third kappa shape index (κ3) is 3.54. The average molecular weight is 320 g/mol. The number of carbonyl (C=O) groups is 1. The molecule has 0 aliphatic heterocycles. The highest BCUT2D eigenvalue weighted by Gasteiger charge is 2.19. The number of nitrogens with zero attached hydrogens (tertiary/aromatic N) is 2. The number of carbonyl (C=O) groups excluding carboxylic acids is 1. The summed E-state index contributed by atoms with van der Waals surface area (Å²) < 4.78 is 6.37. The first-order chi connectivity index (χ1) is 8.49. The van der Waals surface area contributed by atoms with E-state index < -0.39 is 4.92 Å². The highest BCUT2D eigenvalue weighted by molar-refractivity contribution is 9.09. The molecule has 18 heavy (non-hydrogen) atoms. The lowest BCUT2D eigenvalue weighted by atomic mass is 10.3. The third-order valence-electron chi connectivity index (χ3n) is 2.32. The van der Waals surface area contributed by atoms with Crippen LogP contribution in [0.25, 0.3) is 0 Å². The Morgan fingerprint density at radius 1 is 1.72 bits per heavy atom. The Kier molecular flexibility index (Phi) is 5.29. The molecule has 1 heterocycles. The molecule has 1 atom stereocenters. The fraction of sp³-hybridized carbons (Fsp3) is 0.500. The molecule has 7 nitrogen and oxygen atoms in total. The zero-order chi connectivity index (χ0) is 13.7. The molecule has 1 unspecified atom stereocenters. The van der Waals surface area contributed by atoms with E-state index in [9.17, 15) is 14.9 Å². The predicted molar refractivity (Wildman–Crippen MR) is 69.0 cm³/mol. The van der Waals surface area contributed by atoms with Crippen LogP contribution in [0.15, 0.2) is 12.3 Å². The number of methoxy groups -OCH3 is 1. The lowest BCUT2D eigenvalue weighted by Crippen LogP contribution is -2.39. The van der Waals surface area contributed by atoms with Crippen LogP contribution in [0.4, 0.5) is 5.69 Å². The molecule has 0 radical (unpaired) electrons. The van der Waals surface area contributed by atoms with Gasteiger partial charge in [-0.3, -0.25) is 14.9 Å². The minimum Gasteiger partial charge on any atom is -0.383 e. The van der Waals surface area contributed by atoms with Crippen molar-refractivity contribution in [3.8, 4) is 0 Å². The first kappa shape index (κ1) is 14.7. The second-order valence-corrected chi connectivity index (χ2v) is 4.38. The summed E-state index contributed by atoms with van der Waals surface area (Å²) in [5.41, 5.74) is 0.133. The first-order valence-electron chi connectivity index (χ1n) is 5.16. The van der Waals surface area contributed by atoms with Gasteiger partial charge in [-0.15, -0.1) is 0 Å². The molecule has 0 saturated heterocycles. The summed E-state index contributed by atoms with van der Waals surface area (Å²) >= 11 is 3.26. The monoisotopic (exact) mass is 319 g/mol. The van der Waals surface area contributed by atoms with E-state index in [4.69, 9.17) is 4.74 Å². The van der Waals surface area contributed by atoms with Gasteiger partial charge >= 0.3 is 0 Å². The van der Waals surface area contributed by atoms with E-state index in [1.807, 2.05) is 0 Å². The molecule has 8 heteroatoms. The van der Waals surface area contributed by atoms with Gasteiger partial charge < -0.3 is 14.6 Å². The van der Waals surface area contributed by atoms with Gasteiger partial charge in [0.15, 0.2) is 0 Å². The fourth-order valence-electron chi connectivity index (χ4n) is 1.46. The number of ether oxygens (including phenoxy) is 1. The van der Waals surface area contributed by atoms with E-state index in [1.54, 1.807) is 7.05 Å². The van der Waals surface area contributed by atoms with Crippen molar-refractivity contribution >= 4 is 27.5 Å². The van der Waals surface area contributed by atoms with Crippen molar-refractivity contribution < 1.29 is 14.5 Å². The highest BCUT2D eigenvalue weighted by Crippen LogP contribution is 2.15. The molecule has 0 aliphatic rings. The Balaban J connectivity index is 2.80. The maximum absolute atomic E-state index is 11.9. The van der Waals surface area contributed by atoms with Crippen LogP contribution in [0.2, 0.25) is 0 Å². The molecule has 1 rings (SSSR count). The number of rotatable bonds is 6. The number of aromatic nitrogens is 1. The van der Waals surface area contributed by atoms with Crippen LogP contribution in [0.1, 0.15) is 10.5 Å². The van der Waals surface area contributed by atoms with Crippen molar-refractivity contribution in [3.05, 3.63) is 28.1 Å². The second kappa shape index (κ2) is 6.50. The normalized spacial score (nSPS) is 12.2.